The molecule has 0 saturated heterocycles. The van der Waals surface area contributed by atoms with Crippen molar-refractivity contribution in [3.8, 4) is 11.5 Å². The number of benzene rings is 2. The fourth-order valence-electron chi connectivity index (χ4n) is 1.62. The Morgan fingerprint density at radius 2 is 1.74 bits per heavy atom. The van der Waals surface area contributed by atoms with Gasteiger partial charge in [-0.15, -0.1) is 0 Å². The molecule has 0 heterocycles. The van der Waals surface area contributed by atoms with Gasteiger partial charge in [-0.25, -0.2) is 0 Å². The van der Waals surface area contributed by atoms with Crippen LogP contribution in [-0.2, 0) is 32.0 Å². The van der Waals surface area contributed by atoms with Gasteiger partial charge in [-0.2, -0.15) is 10.2 Å². The Morgan fingerprint density at radius 1 is 1.19 bits per heavy atom. The number of rotatable bonds is 4. The van der Waals surface area contributed by atoms with Crippen LogP contribution in [0.15, 0.2) is 52.7 Å². The number of nitrogens with zero attached hydrogens (tertiary/aromatic N) is 2. The Morgan fingerprint density at radius 3 is 2.26 bits per heavy atom. The van der Waals surface area contributed by atoms with Gasteiger partial charge in [-0.1, -0.05) is 30.0 Å². The minimum absolute atomic E-state index is 0. The molecule has 150 valence electrons. The first-order valence-corrected chi connectivity index (χ1v) is 7.12. The molecule has 3 N–H and O–H groups in total. The second kappa shape index (κ2) is 15.8. The van der Waals surface area contributed by atoms with Gasteiger partial charge in [-0.3, -0.25) is 0 Å². The summed E-state index contributed by atoms with van der Waals surface area (Å²) in [7, 11) is 1.41. The van der Waals surface area contributed by atoms with Gasteiger partial charge in [-0.05, 0) is 36.2 Å². The number of para-hydroxylation sites is 1. The van der Waals surface area contributed by atoms with E-state index in [0.717, 1.165) is 0 Å². The van der Waals surface area contributed by atoms with Crippen molar-refractivity contribution in [1.82, 2.24) is 0 Å². The number of aliphatic hydroxyl groups excluding tert-OH is 1. The standard InChI is InChI=1S/C15H15N3O3.C2H6O.Mo.2O/c1-21-13-4-2-3-11(14(13)19)9-17-18-15(20)10-5-7-12(16)8-6-10;1-2-3;;;/h2-9,19H,16H2,1H3,(H,18,20);3H,2H2,1H3;;;/q;;;2*-2/p-2/b17-9+;;;;. The molecule has 0 aromatic heterocycles. The van der Waals surface area contributed by atoms with Gasteiger partial charge in [0.05, 0.1) is 13.3 Å². The molecule has 0 amide bonds. The molecule has 2 aromatic carbocycles. The Balaban J connectivity index is -0.000000900. The van der Waals surface area contributed by atoms with Crippen LogP contribution >= 0.6 is 0 Å². The average molecular weight is 457 g/mol. The molecule has 0 atom stereocenters. The summed E-state index contributed by atoms with van der Waals surface area (Å²) >= 11 is 0. The first kappa shape index (κ1) is 29.3. The van der Waals surface area contributed by atoms with Crippen molar-refractivity contribution in [2.75, 3.05) is 19.5 Å². The zero-order valence-electron chi connectivity index (χ0n) is 14.7. The number of aliphatic hydroxyl groups is 1. The minimum atomic E-state index is -0.512. The van der Waals surface area contributed by atoms with Gasteiger partial charge in [0.2, 0.25) is 0 Å². The van der Waals surface area contributed by atoms with Crippen molar-refractivity contribution < 1.29 is 52.1 Å². The maximum Gasteiger partial charge on any atom is 0.111 e. The van der Waals surface area contributed by atoms with Crippen molar-refractivity contribution in [3.05, 3.63) is 53.6 Å². The fraction of sp³-hybridized carbons (Fsp3) is 0.176. The number of methoxy groups -OCH3 is 1. The van der Waals surface area contributed by atoms with Crippen molar-refractivity contribution in [2.45, 2.75) is 6.92 Å². The van der Waals surface area contributed by atoms with Crippen LogP contribution in [0.5, 0.6) is 11.5 Å². The SMILES string of the molecule is CCO.COc1cccc(/C=N/N=C(\[O-])c2ccc(N)cc2)c1[O-].[Mo].[O-2].[O-2]. The van der Waals surface area contributed by atoms with Crippen LogP contribution < -0.4 is 20.7 Å². The maximum atomic E-state index is 11.8. The number of nitrogens with two attached hydrogens (primary N) is 1. The summed E-state index contributed by atoms with van der Waals surface area (Å²) in [5, 5.41) is 38.3. The monoisotopic (exact) mass is 459 g/mol. The first-order chi connectivity index (χ1) is 11.5. The van der Waals surface area contributed by atoms with Crippen LogP contribution in [0.2, 0.25) is 0 Å². The molecule has 0 aliphatic rings. The Bertz CT molecular complexity index is 708. The van der Waals surface area contributed by atoms with Gasteiger partial charge in [0.1, 0.15) is 5.75 Å². The van der Waals surface area contributed by atoms with Gasteiger partial charge in [0.15, 0.2) is 0 Å². The minimum Gasteiger partial charge on any atom is -2.00 e. The van der Waals surface area contributed by atoms with E-state index in [0.29, 0.717) is 16.8 Å². The molecule has 2 aromatic rings. The summed E-state index contributed by atoms with van der Waals surface area (Å²) in [5.41, 5.74) is 6.75. The number of anilines is 1. The predicted molar refractivity (Wildman–Crippen MR) is 91.6 cm³/mol. The van der Waals surface area contributed by atoms with Crippen molar-refractivity contribution in [2.24, 2.45) is 10.2 Å². The third-order valence-corrected chi connectivity index (χ3v) is 2.73. The van der Waals surface area contributed by atoms with E-state index in [2.05, 4.69) is 10.2 Å². The summed E-state index contributed by atoms with van der Waals surface area (Å²) in [6, 6.07) is 11.1. The topological polar surface area (TPSA) is 183 Å². The Hall–Kier alpha value is -2.45. The van der Waals surface area contributed by atoms with Gasteiger partial charge >= 0.3 is 0 Å². The Labute approximate surface area is 171 Å². The summed E-state index contributed by atoms with van der Waals surface area (Å²) in [4.78, 5) is 0. The molecule has 9 nitrogen and oxygen atoms in total. The molecule has 0 radical (unpaired) electrons. The Kier molecular flexibility index (Phi) is 17.1. The van der Waals surface area contributed by atoms with E-state index in [-0.39, 0.29) is 50.1 Å². The molecule has 10 heteroatoms. The third-order valence-electron chi connectivity index (χ3n) is 2.73. The van der Waals surface area contributed by atoms with Crippen molar-refractivity contribution in [1.29, 1.82) is 0 Å². The maximum absolute atomic E-state index is 11.8. The van der Waals surface area contributed by atoms with E-state index < -0.39 is 5.90 Å². The first-order valence-electron chi connectivity index (χ1n) is 7.12. The van der Waals surface area contributed by atoms with Gasteiger partial charge in [0, 0.05) is 39.3 Å². The molecule has 0 aliphatic carbocycles. The van der Waals surface area contributed by atoms with E-state index in [1.165, 1.54) is 13.3 Å². The molecular weight excluding hydrogens is 438 g/mol. The summed E-state index contributed by atoms with van der Waals surface area (Å²) < 4.78 is 4.91. The van der Waals surface area contributed by atoms with Gasteiger partial charge in [0.25, 0.3) is 0 Å². The molecule has 0 bridgehead atoms. The van der Waals surface area contributed by atoms with Crippen LogP contribution in [0.25, 0.3) is 0 Å². The quantitative estimate of drug-likeness (QED) is 0.219. The molecule has 0 aliphatic heterocycles. The smallest absolute Gasteiger partial charge is 0.111 e. The molecular formula is C17H19MoN3O6-6. The average Bonchev–Trinajstić information content (AvgIpc) is 2.57. The molecule has 0 saturated carbocycles. The van der Waals surface area contributed by atoms with E-state index in [9.17, 15) is 10.2 Å². The number of hydrogen-bond donors (Lipinski definition) is 2. The number of hydrogen-bond acceptors (Lipinski definition) is 7. The molecule has 0 unspecified atom stereocenters. The molecule has 2 rings (SSSR count). The zero-order chi connectivity index (χ0) is 17.9. The van der Waals surface area contributed by atoms with Crippen molar-refractivity contribution in [3.63, 3.8) is 0 Å². The fourth-order valence-corrected chi connectivity index (χ4v) is 1.62. The third kappa shape index (κ3) is 9.72. The molecule has 0 fully saturated rings. The zero-order valence-corrected chi connectivity index (χ0v) is 16.7. The van der Waals surface area contributed by atoms with E-state index in [4.69, 9.17) is 15.6 Å². The van der Waals surface area contributed by atoms with E-state index in [1.54, 1.807) is 49.4 Å². The van der Waals surface area contributed by atoms with E-state index in [1.807, 2.05) is 0 Å². The largest absolute Gasteiger partial charge is 2.00 e. The van der Waals surface area contributed by atoms with Gasteiger partial charge < -0.3 is 36.7 Å². The van der Waals surface area contributed by atoms with Crippen LogP contribution in [0, 0.1) is 0 Å². The van der Waals surface area contributed by atoms with Crippen LogP contribution in [-0.4, -0.2) is 30.9 Å². The molecule has 0 spiro atoms. The van der Waals surface area contributed by atoms with Crippen LogP contribution in [0.4, 0.5) is 5.69 Å². The van der Waals surface area contributed by atoms with Crippen molar-refractivity contribution >= 4 is 17.8 Å². The van der Waals surface area contributed by atoms with Crippen LogP contribution in [0.1, 0.15) is 18.1 Å². The van der Waals surface area contributed by atoms with E-state index >= 15 is 0 Å². The number of nitrogen functional groups attached to an aromatic ring is 1. The van der Waals surface area contributed by atoms with Crippen LogP contribution in [0.3, 0.4) is 0 Å². The normalized spacial score (nSPS) is 9.81. The molecule has 27 heavy (non-hydrogen) atoms. The summed E-state index contributed by atoms with van der Waals surface area (Å²) in [6.45, 7) is 1.93. The summed E-state index contributed by atoms with van der Waals surface area (Å²) in [5.74, 6) is -0.607. The second-order valence-corrected chi connectivity index (χ2v) is 4.47. The second-order valence-electron chi connectivity index (χ2n) is 4.47. The predicted octanol–water partition coefficient (Wildman–Crippen LogP) is 0.251. The number of ether oxygens (including phenoxy) is 1. The summed E-state index contributed by atoms with van der Waals surface area (Å²) in [6.07, 6.45) is 1.22.